The van der Waals surface area contributed by atoms with Gasteiger partial charge < -0.3 is 14.2 Å². The summed E-state index contributed by atoms with van der Waals surface area (Å²) in [4.78, 5) is 13.1. The number of nitrogens with zero attached hydrogens (tertiary/aromatic N) is 1. The van der Waals surface area contributed by atoms with Crippen LogP contribution in [-0.2, 0) is 14.2 Å². The molecular weight excluding hydrogens is 198 g/mol. The van der Waals surface area contributed by atoms with Gasteiger partial charge in [0.2, 0.25) is 5.79 Å². The van der Waals surface area contributed by atoms with Gasteiger partial charge in [-0.05, 0) is 20.8 Å². The van der Waals surface area contributed by atoms with E-state index in [-0.39, 0.29) is 6.09 Å². The lowest BCUT2D eigenvalue weighted by Crippen LogP contribution is -2.65. The smallest absolute Gasteiger partial charge is 0.410 e. The first-order valence-electron chi connectivity index (χ1n) is 4.90. The van der Waals surface area contributed by atoms with Crippen LogP contribution in [0.15, 0.2) is 0 Å². The molecule has 1 heterocycles. The summed E-state index contributed by atoms with van der Waals surface area (Å²) in [5.74, 6) is -0.642. The summed E-state index contributed by atoms with van der Waals surface area (Å²) >= 11 is 0. The zero-order chi connectivity index (χ0) is 11.7. The van der Waals surface area contributed by atoms with Gasteiger partial charge in [0, 0.05) is 14.2 Å². The number of methoxy groups -OCH3 is 2. The molecule has 0 radical (unpaired) electrons. The lowest BCUT2D eigenvalue weighted by Gasteiger charge is -2.47. The quantitative estimate of drug-likeness (QED) is 0.653. The largest absolute Gasteiger partial charge is 0.444 e. The lowest BCUT2D eigenvalue weighted by atomic mass is 10.1. The summed E-state index contributed by atoms with van der Waals surface area (Å²) in [5, 5.41) is 0. The average Bonchev–Trinajstić information content (AvgIpc) is 2.00. The molecule has 0 unspecified atom stereocenters. The Morgan fingerprint density at radius 1 is 1.20 bits per heavy atom. The van der Waals surface area contributed by atoms with Gasteiger partial charge in [0.05, 0.1) is 13.1 Å². The fourth-order valence-electron chi connectivity index (χ4n) is 1.33. The maximum Gasteiger partial charge on any atom is 0.410 e. The molecule has 0 saturated carbocycles. The molecule has 1 fully saturated rings. The Kier molecular flexibility index (Phi) is 3.25. The van der Waals surface area contributed by atoms with E-state index in [0.29, 0.717) is 13.1 Å². The molecule has 0 spiro atoms. The van der Waals surface area contributed by atoms with Crippen LogP contribution in [0.2, 0.25) is 0 Å². The van der Waals surface area contributed by atoms with Crippen molar-refractivity contribution in [3.8, 4) is 0 Å². The fraction of sp³-hybridized carbons (Fsp3) is 0.900. The number of rotatable bonds is 2. The molecule has 1 saturated heterocycles. The SMILES string of the molecule is COC1(OC)CN(C(=O)OC(C)(C)C)C1. The molecule has 1 rings (SSSR count). The van der Waals surface area contributed by atoms with Crippen LogP contribution in [0.1, 0.15) is 20.8 Å². The van der Waals surface area contributed by atoms with Crippen LogP contribution in [0.3, 0.4) is 0 Å². The molecule has 0 aliphatic carbocycles. The second-order valence-corrected chi connectivity index (χ2v) is 4.66. The molecule has 1 aliphatic rings. The number of hydrogen-bond acceptors (Lipinski definition) is 4. The van der Waals surface area contributed by atoms with E-state index in [0.717, 1.165) is 0 Å². The number of hydrogen-bond donors (Lipinski definition) is 0. The fourth-order valence-corrected chi connectivity index (χ4v) is 1.33. The van der Waals surface area contributed by atoms with Crippen LogP contribution >= 0.6 is 0 Å². The van der Waals surface area contributed by atoms with Crippen LogP contribution in [0, 0.1) is 0 Å². The summed E-state index contributed by atoms with van der Waals surface area (Å²) < 4.78 is 15.5. The van der Waals surface area contributed by atoms with Crippen molar-refractivity contribution in [1.82, 2.24) is 4.90 Å². The number of carbonyl (C=O) groups is 1. The van der Waals surface area contributed by atoms with Crippen molar-refractivity contribution in [2.24, 2.45) is 0 Å². The van der Waals surface area contributed by atoms with Crippen molar-refractivity contribution in [1.29, 1.82) is 0 Å². The van der Waals surface area contributed by atoms with Gasteiger partial charge in [-0.25, -0.2) is 4.79 Å². The second-order valence-electron chi connectivity index (χ2n) is 4.66. The predicted molar refractivity (Wildman–Crippen MR) is 54.6 cm³/mol. The van der Waals surface area contributed by atoms with E-state index in [9.17, 15) is 4.79 Å². The minimum Gasteiger partial charge on any atom is -0.444 e. The van der Waals surface area contributed by atoms with E-state index in [1.165, 1.54) is 0 Å². The monoisotopic (exact) mass is 217 g/mol. The van der Waals surface area contributed by atoms with Crippen molar-refractivity contribution in [3.05, 3.63) is 0 Å². The first kappa shape index (κ1) is 12.3. The van der Waals surface area contributed by atoms with Gasteiger partial charge in [0.1, 0.15) is 5.60 Å². The van der Waals surface area contributed by atoms with Crippen molar-refractivity contribution < 1.29 is 19.0 Å². The van der Waals surface area contributed by atoms with Crippen LogP contribution in [0.25, 0.3) is 0 Å². The summed E-state index contributed by atoms with van der Waals surface area (Å²) in [5.41, 5.74) is -0.463. The number of likely N-dealkylation sites (tertiary alicyclic amines) is 1. The number of carbonyl (C=O) groups excluding carboxylic acids is 1. The van der Waals surface area contributed by atoms with Crippen molar-refractivity contribution in [3.63, 3.8) is 0 Å². The number of ether oxygens (including phenoxy) is 3. The Labute approximate surface area is 90.3 Å². The van der Waals surface area contributed by atoms with E-state index < -0.39 is 11.4 Å². The first-order valence-corrected chi connectivity index (χ1v) is 4.90. The van der Waals surface area contributed by atoms with E-state index in [1.54, 1.807) is 19.1 Å². The zero-order valence-electron chi connectivity index (χ0n) is 9.99. The van der Waals surface area contributed by atoms with Gasteiger partial charge >= 0.3 is 6.09 Å². The summed E-state index contributed by atoms with van der Waals surface area (Å²) in [6, 6.07) is 0. The molecule has 1 aliphatic heterocycles. The summed E-state index contributed by atoms with van der Waals surface area (Å²) in [7, 11) is 3.13. The van der Waals surface area contributed by atoms with Crippen molar-refractivity contribution >= 4 is 6.09 Å². The third-order valence-electron chi connectivity index (χ3n) is 2.26. The lowest BCUT2D eigenvalue weighted by molar-refractivity contribution is -0.268. The topological polar surface area (TPSA) is 48.0 Å². The van der Waals surface area contributed by atoms with E-state index in [2.05, 4.69) is 0 Å². The Hall–Kier alpha value is -0.810. The molecule has 5 nitrogen and oxygen atoms in total. The van der Waals surface area contributed by atoms with Crippen LogP contribution < -0.4 is 0 Å². The highest BCUT2D eigenvalue weighted by Crippen LogP contribution is 2.26. The van der Waals surface area contributed by atoms with E-state index in [4.69, 9.17) is 14.2 Å². The maximum absolute atomic E-state index is 11.6. The predicted octanol–water partition coefficient (Wildman–Crippen LogP) is 1.23. The van der Waals surface area contributed by atoms with Gasteiger partial charge in [-0.1, -0.05) is 0 Å². The standard InChI is InChI=1S/C10H19NO4/c1-9(2,3)15-8(12)11-6-10(7-11,13-4)14-5/h6-7H2,1-5H3. The molecule has 0 bridgehead atoms. The van der Waals surface area contributed by atoms with Crippen LogP contribution in [-0.4, -0.2) is 49.7 Å². The molecule has 0 N–H and O–H groups in total. The summed E-state index contributed by atoms with van der Waals surface area (Å²) in [6.07, 6.45) is -0.327. The maximum atomic E-state index is 11.6. The molecule has 0 aromatic carbocycles. The highest BCUT2D eigenvalue weighted by molar-refractivity contribution is 5.69. The highest BCUT2D eigenvalue weighted by Gasteiger charge is 2.47. The first-order chi connectivity index (χ1) is 6.82. The molecule has 88 valence electrons. The van der Waals surface area contributed by atoms with Gasteiger partial charge in [0.15, 0.2) is 0 Å². The van der Waals surface area contributed by atoms with Gasteiger partial charge in [-0.15, -0.1) is 0 Å². The minimum absolute atomic E-state index is 0.327. The molecule has 5 heteroatoms. The Bertz CT molecular complexity index is 234. The molecule has 1 amide bonds. The normalized spacial score (nSPS) is 19.7. The highest BCUT2D eigenvalue weighted by atomic mass is 16.7. The molecule has 0 atom stereocenters. The zero-order valence-corrected chi connectivity index (χ0v) is 9.99. The molecular formula is C10H19NO4. The number of amides is 1. The van der Waals surface area contributed by atoms with Crippen molar-refractivity contribution in [2.75, 3.05) is 27.3 Å². The Morgan fingerprint density at radius 3 is 2.00 bits per heavy atom. The van der Waals surface area contributed by atoms with Gasteiger partial charge in [-0.3, -0.25) is 4.90 Å². The average molecular weight is 217 g/mol. The summed E-state index contributed by atoms with van der Waals surface area (Å²) in [6.45, 7) is 6.34. The second kappa shape index (κ2) is 3.98. The molecule has 0 aromatic heterocycles. The van der Waals surface area contributed by atoms with Crippen LogP contribution in [0.4, 0.5) is 4.79 Å². The molecule has 0 aromatic rings. The minimum atomic E-state index is -0.642. The Balaban J connectivity index is 2.42. The van der Waals surface area contributed by atoms with Gasteiger partial charge in [-0.2, -0.15) is 0 Å². The van der Waals surface area contributed by atoms with Crippen molar-refractivity contribution in [2.45, 2.75) is 32.2 Å². The third kappa shape index (κ3) is 2.82. The van der Waals surface area contributed by atoms with E-state index in [1.807, 2.05) is 20.8 Å². The van der Waals surface area contributed by atoms with E-state index >= 15 is 0 Å². The van der Waals surface area contributed by atoms with Gasteiger partial charge in [0.25, 0.3) is 0 Å². The Morgan fingerprint density at radius 2 is 1.67 bits per heavy atom. The molecule has 15 heavy (non-hydrogen) atoms. The third-order valence-corrected chi connectivity index (χ3v) is 2.26. The van der Waals surface area contributed by atoms with Crippen LogP contribution in [0.5, 0.6) is 0 Å².